The molecule has 0 spiro atoms. The van der Waals surface area contributed by atoms with E-state index in [2.05, 4.69) is 16.4 Å². The molecule has 1 aliphatic rings. The number of Topliss-reactive ketones (excluding diaryl/α,β-unsaturated/α-hetero) is 1. The number of ether oxygens (including phenoxy) is 1. The molecule has 3 aromatic rings. The van der Waals surface area contributed by atoms with Crippen molar-refractivity contribution in [3.05, 3.63) is 70.6 Å². The van der Waals surface area contributed by atoms with Gasteiger partial charge >= 0.3 is 0 Å². The van der Waals surface area contributed by atoms with Crippen LogP contribution in [0, 0.1) is 17.1 Å². The van der Waals surface area contributed by atoms with Crippen molar-refractivity contribution in [2.24, 2.45) is 7.05 Å². The van der Waals surface area contributed by atoms with E-state index in [1.165, 1.54) is 13.2 Å². The number of carbonyl (C=O) groups excluding carboxylic acids is 1. The molecule has 0 unspecified atom stereocenters. The molecule has 1 N–H and O–H groups in total. The quantitative estimate of drug-likeness (QED) is 0.661. The molecule has 0 fully saturated rings. The van der Waals surface area contributed by atoms with E-state index in [1.54, 1.807) is 30.3 Å². The van der Waals surface area contributed by atoms with E-state index < -0.39 is 5.82 Å². The number of halogens is 1. The van der Waals surface area contributed by atoms with Crippen molar-refractivity contribution in [1.82, 2.24) is 14.9 Å². The van der Waals surface area contributed by atoms with Gasteiger partial charge in [-0.05, 0) is 11.6 Å². The van der Waals surface area contributed by atoms with Crippen LogP contribution < -0.4 is 10.1 Å². The van der Waals surface area contributed by atoms with Crippen molar-refractivity contribution in [3.63, 3.8) is 0 Å². The minimum Gasteiger partial charge on any atom is -0.494 e. The Labute approximate surface area is 173 Å². The topological polar surface area (TPSA) is 79.9 Å². The van der Waals surface area contributed by atoms with Crippen LogP contribution in [0.2, 0.25) is 0 Å². The average Bonchev–Trinajstić information content (AvgIpc) is 3.11. The highest BCUT2D eigenvalue weighted by atomic mass is 19.1. The molecule has 7 heteroatoms. The zero-order chi connectivity index (χ0) is 21.3. The van der Waals surface area contributed by atoms with Crippen molar-refractivity contribution >= 4 is 5.78 Å². The molecular formula is C23H21FN4O2. The molecule has 0 amide bonds. The van der Waals surface area contributed by atoms with Gasteiger partial charge in [0.25, 0.3) is 0 Å². The lowest BCUT2D eigenvalue weighted by atomic mass is 9.93. The summed E-state index contributed by atoms with van der Waals surface area (Å²) in [6.45, 7) is 1.50. The number of benzene rings is 2. The zero-order valence-electron chi connectivity index (χ0n) is 16.8. The van der Waals surface area contributed by atoms with Gasteiger partial charge < -0.3 is 14.6 Å². The Balaban J connectivity index is 1.72. The molecular weight excluding hydrogens is 383 g/mol. The van der Waals surface area contributed by atoms with Crippen molar-refractivity contribution in [3.8, 4) is 22.9 Å². The maximum absolute atomic E-state index is 14.8. The second-order valence-corrected chi connectivity index (χ2v) is 7.19. The van der Waals surface area contributed by atoms with E-state index >= 15 is 0 Å². The standard InChI is InChI=1S/C23H21FN4O2/c1-28-19-9-10-26-13-18(19)27-23(28)20(29)11-14-5-3-6-15(17(14)12-25)16-7-4-8-21(30-2)22(16)24/h3-8,26H,9-11,13H2,1-2H3. The first-order chi connectivity index (χ1) is 14.5. The van der Waals surface area contributed by atoms with E-state index in [0.717, 1.165) is 24.4 Å². The number of carbonyl (C=O) groups is 1. The molecule has 0 aliphatic carbocycles. The number of ketones is 1. The summed E-state index contributed by atoms with van der Waals surface area (Å²) < 4.78 is 21.7. The van der Waals surface area contributed by atoms with Crippen LogP contribution in [0.1, 0.15) is 33.1 Å². The third-order valence-electron chi connectivity index (χ3n) is 5.46. The van der Waals surface area contributed by atoms with E-state index in [0.29, 0.717) is 23.5 Å². The minimum absolute atomic E-state index is 0.0134. The summed E-state index contributed by atoms with van der Waals surface area (Å²) in [6, 6.07) is 12.1. The minimum atomic E-state index is -0.538. The normalized spacial score (nSPS) is 12.9. The Bertz CT molecular complexity index is 1180. The first-order valence-electron chi connectivity index (χ1n) is 9.68. The maximum atomic E-state index is 14.8. The molecule has 6 nitrogen and oxygen atoms in total. The number of hydrogen-bond acceptors (Lipinski definition) is 5. The van der Waals surface area contributed by atoms with Crippen LogP contribution in [0.15, 0.2) is 36.4 Å². The van der Waals surface area contributed by atoms with Gasteiger partial charge in [-0.1, -0.05) is 30.3 Å². The highest BCUT2D eigenvalue weighted by Crippen LogP contribution is 2.32. The van der Waals surface area contributed by atoms with Gasteiger partial charge in [-0.3, -0.25) is 4.79 Å². The average molecular weight is 404 g/mol. The molecule has 4 rings (SSSR count). The Morgan fingerprint density at radius 2 is 2.07 bits per heavy atom. The first kappa shape index (κ1) is 19.8. The van der Waals surface area contributed by atoms with Crippen LogP contribution in [0.4, 0.5) is 4.39 Å². The third kappa shape index (κ3) is 3.36. The van der Waals surface area contributed by atoms with Crippen LogP contribution in [0.5, 0.6) is 5.75 Å². The second kappa shape index (κ2) is 8.09. The molecule has 0 saturated heterocycles. The number of nitriles is 1. The fourth-order valence-corrected chi connectivity index (χ4v) is 3.94. The lowest BCUT2D eigenvalue weighted by Crippen LogP contribution is -2.24. The van der Waals surface area contributed by atoms with Crippen molar-refractivity contribution < 1.29 is 13.9 Å². The van der Waals surface area contributed by atoms with Gasteiger partial charge in [-0.25, -0.2) is 9.37 Å². The summed E-state index contributed by atoms with van der Waals surface area (Å²) in [6.07, 6.45) is 0.833. The van der Waals surface area contributed by atoms with Crippen LogP contribution in [-0.2, 0) is 26.4 Å². The number of imidazole rings is 1. The Kier molecular flexibility index (Phi) is 5.34. The SMILES string of the molecule is COc1cccc(-c2cccc(CC(=O)c3nc4c(n3C)CCNC4)c2C#N)c1F. The molecule has 2 aromatic carbocycles. The molecule has 0 atom stereocenters. The summed E-state index contributed by atoms with van der Waals surface area (Å²) in [5.41, 5.74) is 3.46. The number of rotatable bonds is 5. The lowest BCUT2D eigenvalue weighted by Gasteiger charge is -2.13. The summed E-state index contributed by atoms with van der Waals surface area (Å²) in [7, 11) is 3.24. The molecule has 0 saturated carbocycles. The Morgan fingerprint density at radius 3 is 2.80 bits per heavy atom. The Morgan fingerprint density at radius 1 is 1.30 bits per heavy atom. The van der Waals surface area contributed by atoms with Gasteiger partial charge in [0.2, 0.25) is 5.78 Å². The predicted molar refractivity (Wildman–Crippen MR) is 110 cm³/mol. The van der Waals surface area contributed by atoms with Crippen molar-refractivity contribution in [2.45, 2.75) is 19.4 Å². The van der Waals surface area contributed by atoms with Gasteiger partial charge in [0, 0.05) is 49.8 Å². The van der Waals surface area contributed by atoms with Crippen molar-refractivity contribution in [1.29, 1.82) is 5.26 Å². The van der Waals surface area contributed by atoms with E-state index in [-0.39, 0.29) is 29.1 Å². The highest BCUT2D eigenvalue weighted by Gasteiger charge is 2.23. The fraction of sp³-hybridized carbons (Fsp3) is 0.261. The van der Waals surface area contributed by atoms with Crippen molar-refractivity contribution in [2.75, 3.05) is 13.7 Å². The summed E-state index contributed by atoms with van der Waals surface area (Å²) in [5, 5.41) is 13.1. The Hall–Kier alpha value is -3.50. The van der Waals surface area contributed by atoms with E-state index in [9.17, 15) is 14.4 Å². The highest BCUT2D eigenvalue weighted by molar-refractivity contribution is 5.95. The van der Waals surface area contributed by atoms with Gasteiger partial charge in [-0.2, -0.15) is 5.26 Å². The maximum Gasteiger partial charge on any atom is 0.202 e. The third-order valence-corrected chi connectivity index (χ3v) is 5.46. The largest absolute Gasteiger partial charge is 0.494 e. The van der Waals surface area contributed by atoms with Crippen LogP contribution in [-0.4, -0.2) is 29.0 Å². The molecule has 152 valence electrons. The molecule has 0 radical (unpaired) electrons. The second-order valence-electron chi connectivity index (χ2n) is 7.19. The zero-order valence-corrected chi connectivity index (χ0v) is 16.8. The summed E-state index contributed by atoms with van der Waals surface area (Å²) in [4.78, 5) is 17.5. The number of hydrogen-bond donors (Lipinski definition) is 1. The molecule has 1 aromatic heterocycles. The van der Waals surface area contributed by atoms with Crippen LogP contribution >= 0.6 is 0 Å². The first-order valence-corrected chi connectivity index (χ1v) is 9.68. The lowest BCUT2D eigenvalue weighted by molar-refractivity contribution is 0.0979. The number of methoxy groups -OCH3 is 1. The van der Waals surface area contributed by atoms with Gasteiger partial charge in [0.15, 0.2) is 17.4 Å². The summed E-state index contributed by atoms with van der Waals surface area (Å²) >= 11 is 0. The molecule has 0 bridgehead atoms. The van der Waals surface area contributed by atoms with E-state index in [4.69, 9.17) is 4.74 Å². The molecule has 2 heterocycles. The number of nitrogens with one attached hydrogen (secondary N) is 1. The fourth-order valence-electron chi connectivity index (χ4n) is 3.94. The monoisotopic (exact) mass is 404 g/mol. The molecule has 30 heavy (non-hydrogen) atoms. The van der Waals surface area contributed by atoms with Crippen LogP contribution in [0.25, 0.3) is 11.1 Å². The number of nitrogens with zero attached hydrogens (tertiary/aromatic N) is 3. The van der Waals surface area contributed by atoms with Gasteiger partial charge in [0.05, 0.1) is 18.4 Å². The predicted octanol–water partition coefficient (Wildman–Crippen LogP) is 3.18. The smallest absolute Gasteiger partial charge is 0.202 e. The van der Waals surface area contributed by atoms with Gasteiger partial charge in [-0.15, -0.1) is 0 Å². The van der Waals surface area contributed by atoms with Crippen LogP contribution in [0.3, 0.4) is 0 Å². The number of aromatic nitrogens is 2. The number of fused-ring (bicyclic) bond motifs is 1. The van der Waals surface area contributed by atoms with E-state index in [1.807, 2.05) is 11.6 Å². The summed E-state index contributed by atoms with van der Waals surface area (Å²) in [5.74, 6) is -0.230. The molecule has 1 aliphatic heterocycles. The van der Waals surface area contributed by atoms with Gasteiger partial charge in [0.1, 0.15) is 6.07 Å².